The van der Waals surface area contributed by atoms with Gasteiger partial charge in [-0.05, 0) is 30.0 Å². The molecule has 2 heterocycles. The fourth-order valence-corrected chi connectivity index (χ4v) is 3.73. The fourth-order valence-electron chi connectivity index (χ4n) is 3.73. The van der Waals surface area contributed by atoms with Crippen molar-refractivity contribution in [2.24, 2.45) is 5.92 Å². The van der Waals surface area contributed by atoms with Crippen LogP contribution in [0, 0.1) is 5.92 Å². The average Bonchev–Trinajstić information content (AvgIpc) is 3.14. The van der Waals surface area contributed by atoms with Gasteiger partial charge in [-0.25, -0.2) is 4.79 Å². The summed E-state index contributed by atoms with van der Waals surface area (Å²) < 4.78 is 6.88. The fraction of sp³-hybridized carbons (Fsp3) is 0.240. The maximum absolute atomic E-state index is 12.8. The topological polar surface area (TPSA) is 89.4 Å². The Bertz CT molecular complexity index is 1190. The molecule has 1 aromatic heterocycles. The molecule has 32 heavy (non-hydrogen) atoms. The summed E-state index contributed by atoms with van der Waals surface area (Å²) in [4.78, 5) is 37.8. The second-order valence-corrected chi connectivity index (χ2v) is 8.21. The van der Waals surface area contributed by atoms with E-state index < -0.39 is 12.1 Å². The molecule has 2 amide bonds. The Kier molecular flexibility index (Phi) is 6.07. The van der Waals surface area contributed by atoms with Crippen LogP contribution in [-0.2, 0) is 20.9 Å². The molecule has 1 aliphatic heterocycles. The molecule has 0 saturated carbocycles. The number of rotatable bonds is 5. The Morgan fingerprint density at radius 3 is 2.56 bits per heavy atom. The highest BCUT2D eigenvalue weighted by Gasteiger charge is 2.30. The van der Waals surface area contributed by atoms with Crippen molar-refractivity contribution >= 4 is 34.9 Å². The number of benzene rings is 2. The first-order chi connectivity index (χ1) is 15.4. The van der Waals surface area contributed by atoms with Crippen LogP contribution in [0.15, 0.2) is 66.5 Å². The smallest absolute Gasteiger partial charge is 0.418 e. The molecule has 0 aliphatic carbocycles. The normalized spacial score (nSPS) is 17.5. The van der Waals surface area contributed by atoms with Crippen LogP contribution in [-0.4, -0.2) is 28.5 Å². The van der Waals surface area contributed by atoms with Gasteiger partial charge in [-0.3, -0.25) is 14.2 Å². The lowest BCUT2D eigenvalue weighted by Gasteiger charge is -2.26. The maximum atomic E-state index is 12.8. The monoisotopic (exact) mass is 431 g/mol. The van der Waals surface area contributed by atoms with Crippen molar-refractivity contribution in [1.29, 1.82) is 0 Å². The third-order valence-electron chi connectivity index (χ3n) is 5.28. The molecule has 0 radical (unpaired) electrons. The second kappa shape index (κ2) is 9.09. The quantitative estimate of drug-likeness (QED) is 0.601. The summed E-state index contributed by atoms with van der Waals surface area (Å²) in [6.45, 7) is 4.14. The molecule has 1 fully saturated rings. The van der Waals surface area contributed by atoms with Crippen molar-refractivity contribution in [3.8, 4) is 0 Å². The zero-order valence-electron chi connectivity index (χ0n) is 18.0. The molecule has 4 rings (SSSR count). The van der Waals surface area contributed by atoms with E-state index in [0.29, 0.717) is 17.5 Å². The Balaban J connectivity index is 1.59. The Morgan fingerprint density at radius 1 is 1.09 bits per heavy atom. The van der Waals surface area contributed by atoms with Gasteiger partial charge >= 0.3 is 6.09 Å². The van der Waals surface area contributed by atoms with E-state index in [1.54, 1.807) is 18.3 Å². The number of amides is 2. The van der Waals surface area contributed by atoms with Crippen LogP contribution in [0.4, 0.5) is 4.79 Å². The first-order valence-electron chi connectivity index (χ1n) is 10.6. The van der Waals surface area contributed by atoms with Crippen LogP contribution < -0.4 is 10.6 Å². The highest BCUT2D eigenvalue weighted by atomic mass is 16.5. The SMILES string of the molecule is CC(C)CC1NC(=O)/C(=C/c2cn(C(=O)OCc3ccccc3)c3ccccc23)NC1=O. The number of ether oxygens (including phenoxy) is 1. The average molecular weight is 431 g/mol. The molecule has 3 aromatic rings. The molecular formula is C25H25N3O4. The third kappa shape index (κ3) is 4.56. The number of nitrogens with zero attached hydrogens (tertiary/aromatic N) is 1. The lowest BCUT2D eigenvalue weighted by atomic mass is 10.0. The van der Waals surface area contributed by atoms with E-state index in [1.165, 1.54) is 4.57 Å². The predicted octanol–water partition coefficient (Wildman–Crippen LogP) is 3.83. The number of aromatic nitrogens is 1. The number of nitrogens with one attached hydrogen (secondary N) is 2. The number of hydrogen-bond acceptors (Lipinski definition) is 4. The lowest BCUT2D eigenvalue weighted by molar-refractivity contribution is -0.131. The van der Waals surface area contributed by atoms with Gasteiger partial charge in [-0.15, -0.1) is 0 Å². The maximum Gasteiger partial charge on any atom is 0.418 e. The number of piperazine rings is 1. The van der Waals surface area contributed by atoms with E-state index in [9.17, 15) is 14.4 Å². The Morgan fingerprint density at radius 2 is 1.81 bits per heavy atom. The van der Waals surface area contributed by atoms with Crippen molar-refractivity contribution in [2.75, 3.05) is 0 Å². The molecule has 1 saturated heterocycles. The number of hydrogen-bond donors (Lipinski definition) is 2. The van der Waals surface area contributed by atoms with E-state index in [-0.39, 0.29) is 30.0 Å². The van der Waals surface area contributed by atoms with Crippen molar-refractivity contribution in [1.82, 2.24) is 15.2 Å². The molecule has 0 bridgehead atoms. The summed E-state index contributed by atoms with van der Waals surface area (Å²) in [6, 6.07) is 16.2. The molecule has 7 nitrogen and oxygen atoms in total. The zero-order valence-corrected chi connectivity index (χ0v) is 18.0. The van der Waals surface area contributed by atoms with E-state index in [1.807, 2.05) is 62.4 Å². The zero-order chi connectivity index (χ0) is 22.7. The van der Waals surface area contributed by atoms with Gasteiger partial charge in [0.2, 0.25) is 5.91 Å². The van der Waals surface area contributed by atoms with Gasteiger partial charge in [-0.2, -0.15) is 0 Å². The van der Waals surface area contributed by atoms with Crippen LogP contribution in [0.3, 0.4) is 0 Å². The summed E-state index contributed by atoms with van der Waals surface area (Å²) in [5, 5.41) is 6.24. The van der Waals surface area contributed by atoms with Crippen LogP contribution in [0.2, 0.25) is 0 Å². The number of para-hydroxylation sites is 1. The summed E-state index contributed by atoms with van der Waals surface area (Å²) in [5.74, 6) is -0.314. The third-order valence-corrected chi connectivity index (χ3v) is 5.28. The largest absolute Gasteiger partial charge is 0.444 e. The van der Waals surface area contributed by atoms with Crippen molar-refractivity contribution < 1.29 is 19.1 Å². The van der Waals surface area contributed by atoms with Crippen LogP contribution in [0.5, 0.6) is 0 Å². The van der Waals surface area contributed by atoms with Crippen molar-refractivity contribution in [3.05, 3.63) is 77.6 Å². The van der Waals surface area contributed by atoms with Gasteiger partial charge in [0.1, 0.15) is 18.3 Å². The molecule has 1 unspecified atom stereocenters. The van der Waals surface area contributed by atoms with Gasteiger partial charge in [0.25, 0.3) is 5.91 Å². The first-order valence-corrected chi connectivity index (χ1v) is 10.6. The molecule has 2 aromatic carbocycles. The molecule has 2 N–H and O–H groups in total. The highest BCUT2D eigenvalue weighted by Crippen LogP contribution is 2.24. The summed E-state index contributed by atoms with van der Waals surface area (Å²) in [6.07, 6.45) is 3.24. The minimum absolute atomic E-state index is 0.149. The summed E-state index contributed by atoms with van der Waals surface area (Å²) in [7, 11) is 0. The second-order valence-electron chi connectivity index (χ2n) is 8.21. The Hall–Kier alpha value is -3.87. The lowest BCUT2D eigenvalue weighted by Crippen LogP contribution is -2.55. The standard InChI is InChI=1S/C25H25N3O4/c1-16(2)12-20-23(29)27-21(24(30)26-20)13-18-14-28(22-11-7-6-10-19(18)22)25(31)32-15-17-8-4-3-5-9-17/h3-11,13-14,16,20H,12,15H2,1-2H3,(H,26,30)(H,27,29)/b21-13-. The molecule has 1 atom stereocenters. The highest BCUT2D eigenvalue weighted by molar-refractivity contribution is 6.08. The molecule has 1 aliphatic rings. The minimum atomic E-state index is -0.547. The summed E-state index contributed by atoms with van der Waals surface area (Å²) >= 11 is 0. The predicted molar refractivity (Wildman–Crippen MR) is 121 cm³/mol. The van der Waals surface area contributed by atoms with E-state index >= 15 is 0 Å². The van der Waals surface area contributed by atoms with Crippen molar-refractivity contribution in [2.45, 2.75) is 32.9 Å². The van der Waals surface area contributed by atoms with Gasteiger partial charge in [0.15, 0.2) is 0 Å². The molecular weight excluding hydrogens is 406 g/mol. The van der Waals surface area contributed by atoms with Gasteiger partial charge < -0.3 is 15.4 Å². The van der Waals surface area contributed by atoms with Crippen molar-refractivity contribution in [3.63, 3.8) is 0 Å². The van der Waals surface area contributed by atoms with E-state index in [4.69, 9.17) is 4.74 Å². The summed E-state index contributed by atoms with van der Waals surface area (Å²) in [5.41, 5.74) is 2.32. The molecule has 164 valence electrons. The Labute approximate surface area is 186 Å². The molecule has 7 heteroatoms. The number of carbonyl (C=O) groups is 3. The van der Waals surface area contributed by atoms with Crippen LogP contribution in [0.1, 0.15) is 31.4 Å². The minimum Gasteiger partial charge on any atom is -0.444 e. The van der Waals surface area contributed by atoms with Crippen LogP contribution >= 0.6 is 0 Å². The number of carbonyl (C=O) groups excluding carboxylic acids is 3. The van der Waals surface area contributed by atoms with Gasteiger partial charge in [0.05, 0.1) is 5.52 Å². The first kappa shape index (κ1) is 21.4. The molecule has 0 spiro atoms. The van der Waals surface area contributed by atoms with Gasteiger partial charge in [-0.1, -0.05) is 62.4 Å². The van der Waals surface area contributed by atoms with Crippen LogP contribution in [0.25, 0.3) is 17.0 Å². The van der Waals surface area contributed by atoms with Gasteiger partial charge in [0, 0.05) is 17.1 Å². The van der Waals surface area contributed by atoms with E-state index in [2.05, 4.69) is 10.6 Å². The van der Waals surface area contributed by atoms with E-state index in [0.717, 1.165) is 10.9 Å². The number of fused-ring (bicyclic) bond motifs is 1.